The van der Waals surface area contributed by atoms with Crippen LogP contribution in [0.2, 0.25) is 0 Å². The summed E-state index contributed by atoms with van der Waals surface area (Å²) in [7, 11) is 0. The van der Waals surface area contributed by atoms with E-state index >= 15 is 0 Å². The summed E-state index contributed by atoms with van der Waals surface area (Å²) in [5.74, 6) is -4.25. The fourth-order valence-corrected chi connectivity index (χ4v) is 4.02. The fourth-order valence-electron chi connectivity index (χ4n) is 3.03. The summed E-state index contributed by atoms with van der Waals surface area (Å²) >= 11 is 0.954. The van der Waals surface area contributed by atoms with Crippen molar-refractivity contribution in [3.05, 3.63) is 57.1 Å². The number of carbonyl (C=O) groups is 1. The van der Waals surface area contributed by atoms with Crippen molar-refractivity contribution in [1.29, 1.82) is 0 Å². The largest absolute Gasteiger partial charge is 0.481 e. The molecule has 0 bridgehead atoms. The third kappa shape index (κ3) is 4.28. The molecular formula is C19H18ClF3N2O2S. The Morgan fingerprint density at radius 1 is 1.04 bits per heavy atom. The van der Waals surface area contributed by atoms with Gasteiger partial charge in [-0.05, 0) is 24.0 Å². The first-order valence-corrected chi connectivity index (χ1v) is 9.30. The number of aliphatic carboxylic acids is 1. The quantitative estimate of drug-likeness (QED) is 0.566. The monoisotopic (exact) mass is 430 g/mol. The summed E-state index contributed by atoms with van der Waals surface area (Å²) in [5.41, 5.74) is 2.55. The van der Waals surface area contributed by atoms with Crippen LogP contribution in [0.15, 0.2) is 12.1 Å². The van der Waals surface area contributed by atoms with Crippen molar-refractivity contribution >= 4 is 39.9 Å². The van der Waals surface area contributed by atoms with Crippen molar-refractivity contribution in [3.63, 3.8) is 0 Å². The van der Waals surface area contributed by atoms with Crippen molar-refractivity contribution < 1.29 is 23.1 Å². The Kier molecular flexibility index (Phi) is 7.01. The van der Waals surface area contributed by atoms with Gasteiger partial charge in [0.2, 0.25) is 0 Å². The van der Waals surface area contributed by atoms with Gasteiger partial charge < -0.3 is 5.11 Å². The minimum atomic E-state index is -1.27. The third-order valence-corrected chi connectivity index (χ3v) is 5.34. The standard InChI is InChI=1S/C19H17F3N2O2S.ClH/c1-3-13-9(5-10(7-16(25)26)14(4-2)23-13)6-15-24-18-17(22)11(20)8-12(21)19(18)27-15;/h5,8H,3-4,6-7H2,1-2H3,(H,25,26);1H. The number of nitrogens with zero attached hydrogens (tertiary/aromatic N) is 2. The maximum atomic E-state index is 13.9. The Bertz CT molecular complexity index is 1040. The molecule has 0 aliphatic rings. The lowest BCUT2D eigenvalue weighted by Crippen LogP contribution is -2.09. The molecule has 0 amide bonds. The van der Waals surface area contributed by atoms with Gasteiger partial charge in [-0.15, -0.1) is 23.7 Å². The van der Waals surface area contributed by atoms with Crippen LogP contribution < -0.4 is 0 Å². The molecule has 4 nitrogen and oxygen atoms in total. The molecule has 2 aromatic heterocycles. The van der Waals surface area contributed by atoms with E-state index in [4.69, 9.17) is 5.11 Å². The Morgan fingerprint density at radius 3 is 2.29 bits per heavy atom. The lowest BCUT2D eigenvalue weighted by Gasteiger charge is -2.12. The van der Waals surface area contributed by atoms with Crippen molar-refractivity contribution in [2.75, 3.05) is 0 Å². The van der Waals surface area contributed by atoms with E-state index in [1.807, 2.05) is 13.8 Å². The van der Waals surface area contributed by atoms with Crippen LogP contribution in [-0.2, 0) is 30.5 Å². The minimum Gasteiger partial charge on any atom is -0.481 e. The van der Waals surface area contributed by atoms with Crippen LogP contribution in [0.1, 0.15) is 41.4 Å². The molecule has 3 aromatic rings. The highest BCUT2D eigenvalue weighted by atomic mass is 35.5. The number of aryl methyl sites for hydroxylation is 2. The number of pyridine rings is 1. The number of hydrogen-bond donors (Lipinski definition) is 1. The molecule has 0 unspecified atom stereocenters. The topological polar surface area (TPSA) is 63.1 Å². The van der Waals surface area contributed by atoms with Crippen LogP contribution in [0.3, 0.4) is 0 Å². The molecule has 0 fully saturated rings. The summed E-state index contributed by atoms with van der Waals surface area (Å²) in [6.07, 6.45) is 1.32. The van der Waals surface area contributed by atoms with Gasteiger partial charge in [-0.25, -0.2) is 18.2 Å². The van der Waals surface area contributed by atoms with Crippen LogP contribution >= 0.6 is 23.7 Å². The molecule has 0 aliphatic heterocycles. The molecule has 0 saturated heterocycles. The van der Waals surface area contributed by atoms with Gasteiger partial charge in [0.1, 0.15) is 11.3 Å². The Balaban J connectivity index is 0.00000280. The number of benzene rings is 1. The minimum absolute atomic E-state index is 0. The lowest BCUT2D eigenvalue weighted by atomic mass is 10.0. The van der Waals surface area contributed by atoms with E-state index < -0.39 is 23.4 Å². The first-order valence-electron chi connectivity index (χ1n) is 8.49. The van der Waals surface area contributed by atoms with E-state index in [1.165, 1.54) is 0 Å². The van der Waals surface area contributed by atoms with Crippen LogP contribution in [0, 0.1) is 17.5 Å². The second kappa shape index (κ2) is 8.87. The third-order valence-electron chi connectivity index (χ3n) is 4.27. The van der Waals surface area contributed by atoms with E-state index in [9.17, 15) is 18.0 Å². The van der Waals surface area contributed by atoms with E-state index in [0.29, 0.717) is 29.5 Å². The number of carboxylic acid groups (broad SMARTS) is 1. The van der Waals surface area contributed by atoms with Gasteiger partial charge in [-0.2, -0.15) is 0 Å². The second-order valence-electron chi connectivity index (χ2n) is 6.09. The van der Waals surface area contributed by atoms with Crippen molar-refractivity contribution in [3.8, 4) is 0 Å². The molecule has 3 rings (SSSR count). The van der Waals surface area contributed by atoms with Gasteiger partial charge in [-0.1, -0.05) is 19.9 Å². The number of rotatable bonds is 6. The van der Waals surface area contributed by atoms with Crippen molar-refractivity contribution in [1.82, 2.24) is 9.97 Å². The van der Waals surface area contributed by atoms with Crippen LogP contribution in [0.4, 0.5) is 13.2 Å². The molecule has 28 heavy (non-hydrogen) atoms. The normalized spacial score (nSPS) is 10.9. The number of fused-ring (bicyclic) bond motifs is 1. The highest BCUT2D eigenvalue weighted by Crippen LogP contribution is 2.30. The molecule has 2 heterocycles. The fraction of sp³-hybridized carbons (Fsp3) is 0.316. The Hall–Kier alpha value is -2.19. The second-order valence-corrected chi connectivity index (χ2v) is 7.18. The maximum Gasteiger partial charge on any atom is 0.307 e. The predicted molar refractivity (Wildman–Crippen MR) is 104 cm³/mol. The number of carboxylic acids is 1. The highest BCUT2D eigenvalue weighted by Gasteiger charge is 2.19. The predicted octanol–water partition coefficient (Wildman–Crippen LogP) is 4.87. The molecule has 150 valence electrons. The Morgan fingerprint density at radius 2 is 1.68 bits per heavy atom. The number of hydrogen-bond acceptors (Lipinski definition) is 4. The van der Waals surface area contributed by atoms with Crippen LogP contribution in [0.5, 0.6) is 0 Å². The average Bonchev–Trinajstić information content (AvgIpc) is 3.04. The van der Waals surface area contributed by atoms with Gasteiger partial charge in [0.05, 0.1) is 16.1 Å². The van der Waals surface area contributed by atoms with Gasteiger partial charge in [-0.3, -0.25) is 9.78 Å². The van der Waals surface area contributed by atoms with Crippen LogP contribution in [0.25, 0.3) is 10.2 Å². The zero-order chi connectivity index (χ0) is 19.7. The van der Waals surface area contributed by atoms with Gasteiger partial charge >= 0.3 is 5.97 Å². The molecule has 0 spiro atoms. The van der Waals surface area contributed by atoms with Gasteiger partial charge in [0.15, 0.2) is 11.6 Å². The maximum absolute atomic E-state index is 13.9. The SMILES string of the molecule is CCc1nc(CC)c(Cc2nc3c(F)c(F)cc(F)c3s2)cc1CC(=O)O.Cl. The van der Waals surface area contributed by atoms with E-state index in [-0.39, 0.29) is 35.5 Å². The lowest BCUT2D eigenvalue weighted by molar-refractivity contribution is -0.136. The summed E-state index contributed by atoms with van der Waals surface area (Å²) in [6.45, 7) is 3.83. The van der Waals surface area contributed by atoms with E-state index in [1.54, 1.807) is 6.07 Å². The smallest absolute Gasteiger partial charge is 0.307 e. The van der Waals surface area contributed by atoms with Crippen LogP contribution in [-0.4, -0.2) is 21.0 Å². The molecule has 0 aliphatic carbocycles. The molecule has 1 aromatic carbocycles. The summed E-state index contributed by atoms with van der Waals surface area (Å²) in [4.78, 5) is 19.8. The van der Waals surface area contributed by atoms with Crippen molar-refractivity contribution in [2.24, 2.45) is 0 Å². The van der Waals surface area contributed by atoms with Gasteiger partial charge in [0.25, 0.3) is 0 Å². The molecule has 0 atom stereocenters. The number of halogens is 4. The number of thiazole rings is 1. The zero-order valence-electron chi connectivity index (χ0n) is 15.2. The molecule has 0 saturated carbocycles. The molecular weight excluding hydrogens is 413 g/mol. The Labute approximate surface area is 169 Å². The molecule has 1 N–H and O–H groups in total. The summed E-state index contributed by atoms with van der Waals surface area (Å²) in [5, 5.41) is 9.53. The van der Waals surface area contributed by atoms with Gasteiger partial charge in [0, 0.05) is 23.9 Å². The zero-order valence-corrected chi connectivity index (χ0v) is 16.8. The average molecular weight is 431 g/mol. The first kappa shape index (κ1) is 22.1. The molecule has 9 heteroatoms. The van der Waals surface area contributed by atoms with E-state index in [0.717, 1.165) is 28.3 Å². The van der Waals surface area contributed by atoms with E-state index in [2.05, 4.69) is 9.97 Å². The number of aromatic nitrogens is 2. The summed E-state index contributed by atoms with van der Waals surface area (Å²) in [6, 6.07) is 2.29. The first-order chi connectivity index (χ1) is 12.8. The molecule has 0 radical (unpaired) electrons. The highest BCUT2D eigenvalue weighted by molar-refractivity contribution is 7.18. The summed E-state index contributed by atoms with van der Waals surface area (Å²) < 4.78 is 41.2. The van der Waals surface area contributed by atoms with Crippen molar-refractivity contribution in [2.45, 2.75) is 39.5 Å².